The molecule has 1 aliphatic rings. The van der Waals surface area contributed by atoms with Crippen molar-refractivity contribution < 1.29 is 14.3 Å². The second-order valence-electron chi connectivity index (χ2n) is 6.04. The maximum absolute atomic E-state index is 12.1. The summed E-state index contributed by atoms with van der Waals surface area (Å²) in [5.74, 6) is 5.94. The van der Waals surface area contributed by atoms with E-state index in [1.165, 1.54) is 6.26 Å². The van der Waals surface area contributed by atoms with Crippen molar-refractivity contribution in [2.45, 2.75) is 37.3 Å². The topological polar surface area (TPSA) is 62.5 Å². The Hall–Kier alpha value is -2.22. The number of hydrogen-bond donors (Lipinski definition) is 2. The molecule has 124 valence electrons. The third-order valence-electron chi connectivity index (χ3n) is 4.07. The molecule has 1 aromatic carbocycles. The number of carbonyl (C=O) groups is 1. The van der Waals surface area contributed by atoms with E-state index in [2.05, 4.69) is 17.2 Å². The van der Waals surface area contributed by atoms with Crippen LogP contribution >= 0.6 is 11.6 Å². The zero-order valence-corrected chi connectivity index (χ0v) is 13.8. The second-order valence-corrected chi connectivity index (χ2v) is 6.47. The number of aliphatic hydroxyl groups is 1. The Morgan fingerprint density at radius 2 is 2.25 bits per heavy atom. The number of benzene rings is 1. The van der Waals surface area contributed by atoms with E-state index in [9.17, 15) is 9.90 Å². The number of nitrogens with one attached hydrogen (secondary N) is 1. The van der Waals surface area contributed by atoms with Crippen LogP contribution in [0, 0.1) is 11.8 Å². The smallest absolute Gasteiger partial charge is 0.287 e. The molecular formula is C19H18ClNO3. The third-order valence-corrected chi connectivity index (χ3v) is 4.31. The Balaban J connectivity index is 1.67. The van der Waals surface area contributed by atoms with Gasteiger partial charge >= 0.3 is 0 Å². The Kier molecular flexibility index (Phi) is 4.94. The molecule has 0 unspecified atom stereocenters. The van der Waals surface area contributed by atoms with Gasteiger partial charge in [0.15, 0.2) is 5.76 Å². The molecule has 3 rings (SSSR count). The molecule has 1 aromatic heterocycles. The van der Waals surface area contributed by atoms with Crippen LogP contribution in [0.5, 0.6) is 0 Å². The van der Waals surface area contributed by atoms with Gasteiger partial charge in [-0.3, -0.25) is 4.79 Å². The summed E-state index contributed by atoms with van der Waals surface area (Å²) in [6.07, 6.45) is 4.06. The summed E-state index contributed by atoms with van der Waals surface area (Å²) in [5, 5.41) is 14.2. The average molecular weight is 344 g/mol. The highest BCUT2D eigenvalue weighted by atomic mass is 35.5. The number of amides is 1. The van der Waals surface area contributed by atoms with Gasteiger partial charge in [-0.15, -0.1) is 0 Å². The van der Waals surface area contributed by atoms with Crippen molar-refractivity contribution in [3.63, 3.8) is 0 Å². The first-order valence-corrected chi connectivity index (χ1v) is 8.27. The molecular weight excluding hydrogens is 326 g/mol. The largest absolute Gasteiger partial charge is 0.459 e. The second kappa shape index (κ2) is 7.12. The van der Waals surface area contributed by atoms with E-state index in [0.717, 1.165) is 18.4 Å². The van der Waals surface area contributed by atoms with Crippen LogP contribution in [0.4, 0.5) is 0 Å². The van der Waals surface area contributed by atoms with Crippen LogP contribution in [0.2, 0.25) is 5.02 Å². The molecule has 2 N–H and O–H groups in total. The first-order valence-electron chi connectivity index (χ1n) is 7.90. The summed E-state index contributed by atoms with van der Waals surface area (Å²) >= 11 is 5.94. The van der Waals surface area contributed by atoms with E-state index in [4.69, 9.17) is 16.0 Å². The summed E-state index contributed by atoms with van der Waals surface area (Å²) < 4.78 is 5.09. The molecule has 2 atom stereocenters. The molecule has 0 radical (unpaired) electrons. The lowest BCUT2D eigenvalue weighted by Gasteiger charge is -2.33. The predicted octanol–water partition coefficient (Wildman–Crippen LogP) is 3.39. The molecule has 0 bridgehead atoms. The number of rotatable bonds is 2. The normalized spacial score (nSPS) is 23.2. The molecule has 1 fully saturated rings. The van der Waals surface area contributed by atoms with Crippen molar-refractivity contribution in [2.24, 2.45) is 0 Å². The monoisotopic (exact) mass is 343 g/mol. The van der Waals surface area contributed by atoms with Gasteiger partial charge in [-0.2, -0.15) is 0 Å². The van der Waals surface area contributed by atoms with Gasteiger partial charge in [0.1, 0.15) is 5.60 Å². The van der Waals surface area contributed by atoms with Gasteiger partial charge < -0.3 is 14.8 Å². The van der Waals surface area contributed by atoms with E-state index in [-0.39, 0.29) is 17.7 Å². The lowest BCUT2D eigenvalue weighted by molar-refractivity contribution is 0.0448. The molecule has 0 spiro atoms. The van der Waals surface area contributed by atoms with Crippen LogP contribution in [0.3, 0.4) is 0 Å². The quantitative estimate of drug-likeness (QED) is 0.822. The van der Waals surface area contributed by atoms with Crippen LogP contribution in [0.1, 0.15) is 41.8 Å². The summed E-state index contributed by atoms with van der Waals surface area (Å²) in [5.41, 5.74) is -0.348. The zero-order chi connectivity index (χ0) is 17.0. The van der Waals surface area contributed by atoms with E-state index < -0.39 is 5.60 Å². The third kappa shape index (κ3) is 4.19. The molecule has 24 heavy (non-hydrogen) atoms. The van der Waals surface area contributed by atoms with Crippen LogP contribution in [0.25, 0.3) is 0 Å². The van der Waals surface area contributed by atoms with Gasteiger partial charge in [0.2, 0.25) is 0 Å². The first-order chi connectivity index (χ1) is 11.5. The van der Waals surface area contributed by atoms with Crippen molar-refractivity contribution in [3.05, 3.63) is 59.0 Å². The van der Waals surface area contributed by atoms with Crippen molar-refractivity contribution in [1.82, 2.24) is 5.32 Å². The minimum atomic E-state index is -1.11. The Labute approximate surface area is 145 Å². The summed E-state index contributed by atoms with van der Waals surface area (Å²) in [6.45, 7) is 0. The number of halogens is 1. The van der Waals surface area contributed by atoms with Gasteiger partial charge in [-0.25, -0.2) is 0 Å². The highest BCUT2D eigenvalue weighted by Crippen LogP contribution is 2.28. The minimum Gasteiger partial charge on any atom is -0.459 e. The molecule has 1 aliphatic carbocycles. The Morgan fingerprint density at radius 1 is 1.38 bits per heavy atom. The van der Waals surface area contributed by atoms with Crippen molar-refractivity contribution >= 4 is 17.5 Å². The molecule has 4 nitrogen and oxygen atoms in total. The van der Waals surface area contributed by atoms with E-state index in [1.807, 2.05) is 12.1 Å². The van der Waals surface area contributed by atoms with Gasteiger partial charge in [0.25, 0.3) is 5.91 Å². The number of hydrogen-bond acceptors (Lipinski definition) is 3. The lowest BCUT2D eigenvalue weighted by atomic mass is 9.82. The van der Waals surface area contributed by atoms with E-state index in [0.29, 0.717) is 17.9 Å². The SMILES string of the molecule is O=C(N[C@@H]1CCC[C@](O)(C#Cc2cccc(Cl)c2)C1)c1ccco1. The maximum atomic E-state index is 12.1. The molecule has 1 heterocycles. The zero-order valence-electron chi connectivity index (χ0n) is 13.1. The van der Waals surface area contributed by atoms with Gasteiger partial charge in [-0.05, 0) is 49.6 Å². The van der Waals surface area contributed by atoms with Crippen LogP contribution in [-0.4, -0.2) is 22.7 Å². The molecule has 0 aliphatic heterocycles. The predicted molar refractivity (Wildman–Crippen MR) is 91.7 cm³/mol. The summed E-state index contributed by atoms with van der Waals surface area (Å²) in [7, 11) is 0. The van der Waals surface area contributed by atoms with Crippen molar-refractivity contribution in [1.29, 1.82) is 0 Å². The molecule has 0 saturated heterocycles. The molecule has 1 amide bonds. The molecule has 5 heteroatoms. The van der Waals surface area contributed by atoms with Crippen LogP contribution in [-0.2, 0) is 0 Å². The fraction of sp³-hybridized carbons (Fsp3) is 0.316. The fourth-order valence-electron chi connectivity index (χ4n) is 2.91. The first kappa shape index (κ1) is 16.6. The average Bonchev–Trinajstić information content (AvgIpc) is 3.08. The van der Waals surface area contributed by atoms with Gasteiger partial charge in [-0.1, -0.05) is 29.5 Å². The van der Waals surface area contributed by atoms with E-state index in [1.54, 1.807) is 24.3 Å². The Morgan fingerprint density at radius 3 is 3.00 bits per heavy atom. The van der Waals surface area contributed by atoms with E-state index >= 15 is 0 Å². The Bertz CT molecular complexity index is 775. The molecule has 2 aromatic rings. The summed E-state index contributed by atoms with van der Waals surface area (Å²) in [4.78, 5) is 12.1. The maximum Gasteiger partial charge on any atom is 0.287 e. The minimum absolute atomic E-state index is 0.130. The lowest BCUT2D eigenvalue weighted by Crippen LogP contribution is -2.45. The van der Waals surface area contributed by atoms with Crippen LogP contribution < -0.4 is 5.32 Å². The van der Waals surface area contributed by atoms with Crippen molar-refractivity contribution in [2.75, 3.05) is 0 Å². The number of furan rings is 1. The highest BCUT2D eigenvalue weighted by Gasteiger charge is 2.33. The highest BCUT2D eigenvalue weighted by molar-refractivity contribution is 6.30. The van der Waals surface area contributed by atoms with Gasteiger partial charge in [0.05, 0.1) is 6.26 Å². The van der Waals surface area contributed by atoms with Gasteiger partial charge in [0, 0.05) is 23.0 Å². The van der Waals surface area contributed by atoms with Crippen LogP contribution in [0.15, 0.2) is 47.1 Å². The fourth-order valence-corrected chi connectivity index (χ4v) is 3.10. The number of carbonyl (C=O) groups excluding carboxylic acids is 1. The summed E-state index contributed by atoms with van der Waals surface area (Å²) in [6, 6.07) is 10.4. The standard InChI is InChI=1S/C19H18ClNO3/c20-15-5-1-4-14(12-15)8-10-19(23)9-2-6-16(13-19)21-18(22)17-7-3-11-24-17/h1,3-5,7,11-12,16,23H,2,6,9,13H2,(H,21,22)/t16-,19+/m1/s1. The molecule has 1 saturated carbocycles. The van der Waals surface area contributed by atoms with Crippen molar-refractivity contribution in [3.8, 4) is 11.8 Å².